The molecule has 2 heterocycles. The number of para-hydroxylation sites is 1. The number of rotatable bonds is 5. The van der Waals surface area contributed by atoms with Crippen LogP contribution in [0.5, 0.6) is 0 Å². The van der Waals surface area contributed by atoms with E-state index >= 15 is 0 Å². The van der Waals surface area contributed by atoms with Crippen LogP contribution in [0.3, 0.4) is 0 Å². The molecule has 1 amide bonds. The van der Waals surface area contributed by atoms with E-state index < -0.39 is 11.5 Å². The Labute approximate surface area is 137 Å². The second kappa shape index (κ2) is 6.75. The van der Waals surface area contributed by atoms with Crippen molar-refractivity contribution in [2.75, 3.05) is 6.54 Å². The number of aryl methyl sites for hydroxylation is 2. The number of fused-ring (bicyclic) bond motifs is 1. The first-order chi connectivity index (χ1) is 11.1. The van der Waals surface area contributed by atoms with Gasteiger partial charge >= 0.3 is 5.63 Å². The third-order valence-corrected chi connectivity index (χ3v) is 4.43. The highest BCUT2D eigenvalue weighted by Crippen LogP contribution is 2.13. The molecule has 0 saturated carbocycles. The van der Waals surface area contributed by atoms with Gasteiger partial charge < -0.3 is 9.73 Å². The SMILES string of the molecule is Cc1csc(CCCNC(=O)c2cc3ccccc3oc2=O)n1. The molecule has 0 spiro atoms. The number of benzene rings is 1. The van der Waals surface area contributed by atoms with Gasteiger partial charge in [-0.2, -0.15) is 0 Å². The van der Waals surface area contributed by atoms with Gasteiger partial charge in [0.1, 0.15) is 11.1 Å². The molecule has 0 bridgehead atoms. The van der Waals surface area contributed by atoms with Crippen LogP contribution in [0.4, 0.5) is 0 Å². The van der Waals surface area contributed by atoms with Crippen molar-refractivity contribution in [2.24, 2.45) is 0 Å². The van der Waals surface area contributed by atoms with Crippen LogP contribution >= 0.6 is 11.3 Å². The van der Waals surface area contributed by atoms with Gasteiger partial charge in [0.2, 0.25) is 0 Å². The maximum atomic E-state index is 12.1. The van der Waals surface area contributed by atoms with Crippen LogP contribution in [0, 0.1) is 6.92 Å². The first-order valence-corrected chi connectivity index (χ1v) is 8.23. The molecule has 0 unspecified atom stereocenters. The van der Waals surface area contributed by atoms with Gasteiger partial charge in [-0.3, -0.25) is 4.79 Å². The lowest BCUT2D eigenvalue weighted by Crippen LogP contribution is -2.29. The Morgan fingerprint density at radius 3 is 2.96 bits per heavy atom. The minimum Gasteiger partial charge on any atom is -0.422 e. The predicted molar refractivity (Wildman–Crippen MR) is 90.0 cm³/mol. The summed E-state index contributed by atoms with van der Waals surface area (Å²) in [5.41, 5.74) is 0.918. The van der Waals surface area contributed by atoms with Gasteiger partial charge in [0.25, 0.3) is 5.91 Å². The standard InChI is InChI=1S/C17H16N2O3S/c1-11-10-23-15(19-11)7-4-8-18-16(20)13-9-12-5-2-3-6-14(12)22-17(13)21/h2-3,5-6,9-10H,4,7-8H2,1H3,(H,18,20). The van der Waals surface area contributed by atoms with E-state index in [2.05, 4.69) is 10.3 Å². The normalized spacial score (nSPS) is 10.8. The fourth-order valence-corrected chi connectivity index (χ4v) is 3.09. The third kappa shape index (κ3) is 3.65. The van der Waals surface area contributed by atoms with Gasteiger partial charge in [0.05, 0.1) is 5.01 Å². The zero-order chi connectivity index (χ0) is 16.2. The van der Waals surface area contributed by atoms with Crippen molar-refractivity contribution >= 4 is 28.2 Å². The Kier molecular flexibility index (Phi) is 4.52. The average Bonchev–Trinajstić information content (AvgIpc) is 2.96. The minimum absolute atomic E-state index is 0.0359. The van der Waals surface area contributed by atoms with Gasteiger partial charge in [-0.15, -0.1) is 11.3 Å². The van der Waals surface area contributed by atoms with E-state index in [0.717, 1.165) is 28.9 Å². The van der Waals surface area contributed by atoms with Crippen LogP contribution in [0.25, 0.3) is 11.0 Å². The topological polar surface area (TPSA) is 72.2 Å². The Balaban J connectivity index is 1.62. The lowest BCUT2D eigenvalue weighted by molar-refractivity contribution is 0.0949. The highest BCUT2D eigenvalue weighted by atomic mass is 32.1. The van der Waals surface area contributed by atoms with Gasteiger partial charge in [-0.1, -0.05) is 18.2 Å². The summed E-state index contributed by atoms with van der Waals surface area (Å²) < 4.78 is 5.17. The van der Waals surface area contributed by atoms with Crippen molar-refractivity contribution < 1.29 is 9.21 Å². The van der Waals surface area contributed by atoms with Crippen LogP contribution in [0.2, 0.25) is 0 Å². The maximum Gasteiger partial charge on any atom is 0.349 e. The van der Waals surface area contributed by atoms with Crippen molar-refractivity contribution in [1.29, 1.82) is 0 Å². The number of carbonyl (C=O) groups excluding carboxylic acids is 1. The molecule has 118 valence electrons. The molecule has 3 rings (SSSR count). The molecule has 6 heteroatoms. The number of nitrogens with zero attached hydrogens (tertiary/aromatic N) is 1. The highest BCUT2D eigenvalue weighted by Gasteiger charge is 2.13. The third-order valence-electron chi connectivity index (χ3n) is 3.41. The number of nitrogens with one attached hydrogen (secondary N) is 1. The molecule has 2 aromatic heterocycles. The molecule has 1 aromatic carbocycles. The lowest BCUT2D eigenvalue weighted by atomic mass is 10.2. The summed E-state index contributed by atoms with van der Waals surface area (Å²) in [7, 11) is 0. The quantitative estimate of drug-likeness (QED) is 0.577. The second-order valence-corrected chi connectivity index (χ2v) is 6.17. The van der Waals surface area contributed by atoms with Gasteiger partial charge in [0.15, 0.2) is 0 Å². The van der Waals surface area contributed by atoms with E-state index in [1.54, 1.807) is 35.6 Å². The number of thiazole rings is 1. The largest absolute Gasteiger partial charge is 0.422 e. The molecule has 3 aromatic rings. The second-order valence-electron chi connectivity index (χ2n) is 5.23. The van der Waals surface area contributed by atoms with Crippen LogP contribution in [0.15, 0.2) is 44.9 Å². The summed E-state index contributed by atoms with van der Waals surface area (Å²) in [4.78, 5) is 28.4. The van der Waals surface area contributed by atoms with Crippen molar-refractivity contribution in [3.05, 3.63) is 62.4 Å². The number of aromatic nitrogens is 1. The molecule has 0 aliphatic heterocycles. The summed E-state index contributed by atoms with van der Waals surface area (Å²) in [5, 5.41) is 6.56. The van der Waals surface area contributed by atoms with Crippen molar-refractivity contribution in [1.82, 2.24) is 10.3 Å². The van der Waals surface area contributed by atoms with Crippen LogP contribution in [-0.2, 0) is 6.42 Å². The summed E-state index contributed by atoms with van der Waals surface area (Å²) in [6.07, 6.45) is 1.59. The Morgan fingerprint density at radius 2 is 2.17 bits per heavy atom. The highest BCUT2D eigenvalue weighted by molar-refractivity contribution is 7.09. The first-order valence-electron chi connectivity index (χ1n) is 7.35. The molecule has 0 atom stereocenters. The molecule has 23 heavy (non-hydrogen) atoms. The van der Waals surface area contributed by atoms with Crippen molar-refractivity contribution in [2.45, 2.75) is 19.8 Å². The number of amides is 1. The number of carbonyl (C=O) groups is 1. The van der Waals surface area contributed by atoms with Crippen LogP contribution < -0.4 is 10.9 Å². The van der Waals surface area contributed by atoms with Gasteiger partial charge in [-0.25, -0.2) is 9.78 Å². The van der Waals surface area contributed by atoms with Crippen molar-refractivity contribution in [3.8, 4) is 0 Å². The molecule has 0 radical (unpaired) electrons. The zero-order valence-corrected chi connectivity index (χ0v) is 13.5. The molecule has 0 aliphatic rings. The molecule has 0 aliphatic carbocycles. The van der Waals surface area contributed by atoms with Crippen LogP contribution in [-0.4, -0.2) is 17.4 Å². The number of hydrogen-bond acceptors (Lipinski definition) is 5. The smallest absolute Gasteiger partial charge is 0.349 e. The molecule has 5 nitrogen and oxygen atoms in total. The summed E-state index contributed by atoms with van der Waals surface area (Å²) in [5.74, 6) is -0.403. The minimum atomic E-state index is -0.614. The van der Waals surface area contributed by atoms with Crippen molar-refractivity contribution in [3.63, 3.8) is 0 Å². The van der Waals surface area contributed by atoms with E-state index in [4.69, 9.17) is 4.42 Å². The molecule has 0 fully saturated rings. The van der Waals surface area contributed by atoms with E-state index in [9.17, 15) is 9.59 Å². The first kappa shape index (κ1) is 15.4. The fourth-order valence-electron chi connectivity index (χ4n) is 2.27. The molecular weight excluding hydrogens is 312 g/mol. The van der Waals surface area contributed by atoms with E-state index in [1.165, 1.54) is 0 Å². The Morgan fingerprint density at radius 1 is 1.35 bits per heavy atom. The monoisotopic (exact) mass is 328 g/mol. The lowest BCUT2D eigenvalue weighted by Gasteiger charge is -2.04. The summed E-state index contributed by atoms with van der Waals surface area (Å²) in [6, 6.07) is 8.69. The van der Waals surface area contributed by atoms with E-state index in [0.29, 0.717) is 12.1 Å². The van der Waals surface area contributed by atoms with Gasteiger partial charge in [-0.05, 0) is 25.5 Å². The predicted octanol–water partition coefficient (Wildman–Crippen LogP) is 2.92. The number of hydrogen-bond donors (Lipinski definition) is 1. The van der Waals surface area contributed by atoms with Gasteiger partial charge in [0, 0.05) is 29.4 Å². The zero-order valence-electron chi connectivity index (χ0n) is 12.7. The fraction of sp³-hybridized carbons (Fsp3) is 0.235. The molecular formula is C17H16N2O3S. The Bertz CT molecular complexity index is 898. The van der Waals surface area contributed by atoms with Crippen LogP contribution in [0.1, 0.15) is 27.5 Å². The summed E-state index contributed by atoms with van der Waals surface area (Å²) in [6.45, 7) is 2.45. The van der Waals surface area contributed by atoms with E-state index in [1.807, 2.05) is 18.4 Å². The average molecular weight is 328 g/mol. The Hall–Kier alpha value is -2.47. The maximum absolute atomic E-state index is 12.1. The van der Waals surface area contributed by atoms with E-state index in [-0.39, 0.29) is 5.56 Å². The molecule has 0 saturated heterocycles. The summed E-state index contributed by atoms with van der Waals surface area (Å²) >= 11 is 1.62. The molecule has 1 N–H and O–H groups in total.